The highest BCUT2D eigenvalue weighted by Crippen LogP contribution is 2.35. The average molecular weight is 420 g/mol. The van der Waals surface area contributed by atoms with Crippen LogP contribution in [0, 0.1) is 6.92 Å². The molecule has 1 aliphatic rings. The maximum Gasteiger partial charge on any atom is 0.416 e. The Hall–Kier alpha value is -3.56. The number of allylic oxidation sites excluding steroid dienone is 1. The van der Waals surface area contributed by atoms with Crippen molar-refractivity contribution in [1.82, 2.24) is 15.4 Å². The van der Waals surface area contributed by atoms with Crippen molar-refractivity contribution >= 4 is 17.8 Å². The van der Waals surface area contributed by atoms with Crippen LogP contribution in [0.25, 0.3) is 0 Å². The Balaban J connectivity index is 2.07. The summed E-state index contributed by atoms with van der Waals surface area (Å²) in [7, 11) is 0. The molecule has 0 saturated heterocycles. The van der Waals surface area contributed by atoms with E-state index in [9.17, 15) is 22.8 Å². The second kappa shape index (κ2) is 8.05. The largest absolute Gasteiger partial charge is 0.416 e. The highest BCUT2D eigenvalue weighted by molar-refractivity contribution is 6.06. The first-order chi connectivity index (χ1) is 14.1. The zero-order chi connectivity index (χ0) is 22.1. The topological polar surface area (TPSA) is 87.5 Å². The van der Waals surface area contributed by atoms with Gasteiger partial charge in [0, 0.05) is 18.3 Å². The number of rotatable bonds is 5. The Bertz CT molecular complexity index is 1030. The number of benzene rings is 1. The molecule has 10 heteroatoms. The number of nitrogens with one attached hydrogen (secondary N) is 2. The number of alkyl halides is 3. The van der Waals surface area contributed by atoms with Crippen molar-refractivity contribution in [2.75, 3.05) is 11.9 Å². The second-order valence-electron chi connectivity index (χ2n) is 6.68. The molecule has 1 atom stereocenters. The maximum absolute atomic E-state index is 13.2. The summed E-state index contributed by atoms with van der Waals surface area (Å²) in [6.07, 6.45) is -3.09. The standard InChI is InChI=1S/C20H19F3N4O3/c1-4-8-27-12(3)16(18(28)24-15-9-11(2)30-26-15)17(25-19(27)29)13-6-5-7-14(10-13)20(21,22)23/h4-7,9-10,17H,1,8H2,2-3H3,(H,25,29)(H,24,26,28). The van der Waals surface area contributed by atoms with Crippen LogP contribution in [0.4, 0.5) is 23.8 Å². The number of carbonyl (C=O) groups excluding carboxylic acids is 2. The van der Waals surface area contributed by atoms with Crippen LogP contribution in [0.3, 0.4) is 0 Å². The number of amides is 3. The Morgan fingerprint density at radius 1 is 1.37 bits per heavy atom. The Labute approximate surface area is 170 Å². The van der Waals surface area contributed by atoms with E-state index in [1.54, 1.807) is 13.8 Å². The average Bonchev–Trinajstić information content (AvgIpc) is 3.08. The van der Waals surface area contributed by atoms with Crippen LogP contribution in [-0.2, 0) is 11.0 Å². The smallest absolute Gasteiger partial charge is 0.360 e. The quantitative estimate of drug-likeness (QED) is 0.711. The van der Waals surface area contributed by atoms with Crippen LogP contribution in [-0.4, -0.2) is 28.5 Å². The molecule has 0 spiro atoms. The van der Waals surface area contributed by atoms with E-state index < -0.39 is 29.7 Å². The van der Waals surface area contributed by atoms with Crippen LogP contribution in [0.2, 0.25) is 0 Å². The molecule has 7 nitrogen and oxygen atoms in total. The molecule has 1 aromatic carbocycles. The predicted molar refractivity (Wildman–Crippen MR) is 102 cm³/mol. The van der Waals surface area contributed by atoms with Crippen molar-refractivity contribution in [2.24, 2.45) is 0 Å². The number of nitrogens with zero attached hydrogens (tertiary/aromatic N) is 2. The van der Waals surface area contributed by atoms with Crippen molar-refractivity contribution in [2.45, 2.75) is 26.1 Å². The summed E-state index contributed by atoms with van der Waals surface area (Å²) in [6, 6.07) is 4.34. The fourth-order valence-electron chi connectivity index (χ4n) is 3.18. The molecular formula is C20H19F3N4O3. The summed E-state index contributed by atoms with van der Waals surface area (Å²) in [5.74, 6) is -0.0132. The predicted octanol–water partition coefficient (Wildman–Crippen LogP) is 4.17. The molecule has 0 bridgehead atoms. The highest BCUT2D eigenvalue weighted by Gasteiger charge is 2.37. The van der Waals surface area contributed by atoms with E-state index in [0.717, 1.165) is 12.1 Å². The molecule has 0 saturated carbocycles. The number of halogens is 3. The van der Waals surface area contributed by atoms with Gasteiger partial charge in [0.15, 0.2) is 5.82 Å². The Morgan fingerprint density at radius 2 is 2.10 bits per heavy atom. The van der Waals surface area contributed by atoms with Crippen molar-refractivity contribution < 1.29 is 27.3 Å². The van der Waals surface area contributed by atoms with Crippen LogP contribution < -0.4 is 10.6 Å². The van der Waals surface area contributed by atoms with Gasteiger partial charge < -0.3 is 15.2 Å². The molecule has 158 valence electrons. The van der Waals surface area contributed by atoms with Gasteiger partial charge in [-0.1, -0.05) is 23.4 Å². The lowest BCUT2D eigenvalue weighted by molar-refractivity contribution is -0.137. The molecule has 1 aliphatic heterocycles. The molecule has 0 aliphatic carbocycles. The van der Waals surface area contributed by atoms with Gasteiger partial charge in [-0.15, -0.1) is 6.58 Å². The van der Waals surface area contributed by atoms with Crippen LogP contribution in [0.5, 0.6) is 0 Å². The van der Waals surface area contributed by atoms with Gasteiger partial charge in [-0.2, -0.15) is 13.2 Å². The van der Waals surface area contributed by atoms with Gasteiger partial charge in [-0.25, -0.2) is 4.79 Å². The molecular weight excluding hydrogens is 401 g/mol. The van der Waals surface area contributed by atoms with Gasteiger partial charge in [0.05, 0.1) is 17.2 Å². The fraction of sp³-hybridized carbons (Fsp3) is 0.250. The summed E-state index contributed by atoms with van der Waals surface area (Å²) >= 11 is 0. The lowest BCUT2D eigenvalue weighted by Crippen LogP contribution is -2.48. The number of anilines is 1. The van der Waals surface area contributed by atoms with Crippen molar-refractivity contribution in [1.29, 1.82) is 0 Å². The second-order valence-corrected chi connectivity index (χ2v) is 6.68. The Kier molecular flexibility index (Phi) is 5.68. The third kappa shape index (κ3) is 4.22. The molecule has 2 aromatic rings. The van der Waals surface area contributed by atoms with E-state index >= 15 is 0 Å². The number of hydrogen-bond donors (Lipinski definition) is 2. The van der Waals surface area contributed by atoms with Gasteiger partial charge in [0.1, 0.15) is 5.76 Å². The first-order valence-corrected chi connectivity index (χ1v) is 8.93. The zero-order valence-corrected chi connectivity index (χ0v) is 16.2. The van der Waals surface area contributed by atoms with Gasteiger partial charge in [-0.3, -0.25) is 9.69 Å². The molecule has 0 fully saturated rings. The number of urea groups is 1. The minimum absolute atomic E-state index is 0.0800. The van der Waals surface area contributed by atoms with Gasteiger partial charge in [-0.05, 0) is 31.5 Å². The van der Waals surface area contributed by atoms with Crippen LogP contribution >= 0.6 is 0 Å². The lowest BCUT2D eigenvalue weighted by atomic mass is 9.93. The molecule has 1 unspecified atom stereocenters. The Morgan fingerprint density at radius 3 is 2.70 bits per heavy atom. The number of hydrogen-bond acceptors (Lipinski definition) is 4. The normalized spacial score (nSPS) is 17.0. The molecule has 3 amide bonds. The highest BCUT2D eigenvalue weighted by atomic mass is 19.4. The molecule has 0 radical (unpaired) electrons. The summed E-state index contributed by atoms with van der Waals surface area (Å²) < 4.78 is 44.5. The summed E-state index contributed by atoms with van der Waals surface area (Å²) in [5, 5.41) is 8.86. The van der Waals surface area contributed by atoms with Gasteiger partial charge in [0.2, 0.25) is 0 Å². The van der Waals surface area contributed by atoms with Crippen LogP contribution in [0.15, 0.2) is 58.8 Å². The van der Waals surface area contributed by atoms with E-state index in [1.165, 1.54) is 29.2 Å². The van der Waals surface area contributed by atoms with Gasteiger partial charge in [0.25, 0.3) is 5.91 Å². The molecule has 2 heterocycles. The first kappa shape index (κ1) is 21.2. The van der Waals surface area contributed by atoms with E-state index in [-0.39, 0.29) is 23.5 Å². The third-order valence-corrected chi connectivity index (χ3v) is 4.57. The summed E-state index contributed by atoms with van der Waals surface area (Å²) in [4.78, 5) is 26.9. The van der Waals surface area contributed by atoms with Gasteiger partial charge >= 0.3 is 12.2 Å². The lowest BCUT2D eigenvalue weighted by Gasteiger charge is -2.35. The van der Waals surface area contributed by atoms with E-state index in [0.29, 0.717) is 11.5 Å². The minimum Gasteiger partial charge on any atom is -0.360 e. The third-order valence-electron chi connectivity index (χ3n) is 4.57. The number of aromatic nitrogens is 1. The fourth-order valence-corrected chi connectivity index (χ4v) is 3.18. The molecule has 2 N–H and O–H groups in total. The summed E-state index contributed by atoms with van der Waals surface area (Å²) in [5.41, 5.74) is -0.389. The molecule has 1 aromatic heterocycles. The zero-order valence-electron chi connectivity index (χ0n) is 16.2. The maximum atomic E-state index is 13.2. The van der Waals surface area contributed by atoms with Crippen molar-refractivity contribution in [3.8, 4) is 0 Å². The number of carbonyl (C=O) groups is 2. The van der Waals surface area contributed by atoms with Crippen LogP contribution in [0.1, 0.15) is 29.9 Å². The van der Waals surface area contributed by atoms with E-state index in [1.807, 2.05) is 0 Å². The first-order valence-electron chi connectivity index (χ1n) is 8.93. The monoisotopic (exact) mass is 420 g/mol. The molecule has 30 heavy (non-hydrogen) atoms. The SMILES string of the molecule is C=CCN1C(=O)NC(c2cccc(C(F)(F)F)c2)C(C(=O)Nc2cc(C)on2)=C1C. The number of aryl methyl sites for hydroxylation is 1. The van der Waals surface area contributed by atoms with Crippen molar-refractivity contribution in [3.63, 3.8) is 0 Å². The summed E-state index contributed by atoms with van der Waals surface area (Å²) in [6.45, 7) is 6.90. The molecule has 3 rings (SSSR count). The van der Waals surface area contributed by atoms with E-state index in [4.69, 9.17) is 4.52 Å². The minimum atomic E-state index is -4.57. The van der Waals surface area contributed by atoms with Crippen molar-refractivity contribution in [3.05, 3.63) is 71.1 Å². The van der Waals surface area contributed by atoms with E-state index in [2.05, 4.69) is 22.4 Å².